The Hall–Kier alpha value is 1.51. The fraction of sp³-hybridized carbons (Fsp3) is 1.00. The van der Waals surface area contributed by atoms with Gasteiger partial charge in [0.05, 0.1) is 16.2 Å². The van der Waals surface area contributed by atoms with Crippen LogP contribution in [0.25, 0.3) is 0 Å². The molecular weight excluding hydrogens is 255 g/mol. The second kappa shape index (κ2) is 10.4. The molecule has 0 saturated heterocycles. The van der Waals surface area contributed by atoms with Crippen molar-refractivity contribution in [2.24, 2.45) is 0 Å². The van der Waals surface area contributed by atoms with Gasteiger partial charge in [-0.3, -0.25) is 0 Å². The summed E-state index contributed by atoms with van der Waals surface area (Å²) in [6.07, 6.45) is 4.01. The van der Waals surface area contributed by atoms with E-state index in [1.54, 1.807) is 0 Å². The average Bonchev–Trinajstić information content (AvgIpc) is 2.11. The first-order valence-electron chi connectivity index (χ1n) is 5.50. The first-order chi connectivity index (χ1) is 6.88. The minimum absolute atomic E-state index is 0. The topological polar surface area (TPSA) is 77.4 Å². The van der Waals surface area contributed by atoms with Crippen molar-refractivity contribution in [2.75, 3.05) is 0 Å². The Morgan fingerprint density at radius 3 is 2.12 bits per heavy atom. The zero-order valence-corrected chi connectivity index (χ0v) is 14.4. The Bertz CT molecular complexity index is 254. The van der Waals surface area contributed by atoms with E-state index in [2.05, 4.69) is 0 Å². The molecule has 0 aliphatic carbocycles. The normalized spacial score (nSPS) is 15.2. The van der Waals surface area contributed by atoms with Crippen LogP contribution in [0.1, 0.15) is 52.4 Å². The molecule has 6 heteroatoms. The van der Waals surface area contributed by atoms with E-state index in [9.17, 15) is 18.1 Å². The van der Waals surface area contributed by atoms with Gasteiger partial charge in [0.25, 0.3) is 0 Å². The van der Waals surface area contributed by atoms with Gasteiger partial charge < -0.3 is 9.66 Å². The quantitative estimate of drug-likeness (QED) is 0.338. The third-order valence-corrected chi connectivity index (χ3v) is 3.73. The third kappa shape index (κ3) is 10.6. The number of aliphatic hydroxyl groups excluding tert-OH is 1. The summed E-state index contributed by atoms with van der Waals surface area (Å²) >= 11 is 0. The van der Waals surface area contributed by atoms with Crippen LogP contribution in [0, 0.1) is 0 Å². The Morgan fingerprint density at radius 1 is 1.19 bits per heavy atom. The van der Waals surface area contributed by atoms with Gasteiger partial charge in [-0.05, 0) is 26.2 Å². The largest absolute Gasteiger partial charge is 1.00 e. The van der Waals surface area contributed by atoms with Crippen LogP contribution in [0.3, 0.4) is 0 Å². The van der Waals surface area contributed by atoms with E-state index in [4.69, 9.17) is 0 Å². The van der Waals surface area contributed by atoms with E-state index in [1.165, 1.54) is 6.92 Å². The summed E-state index contributed by atoms with van der Waals surface area (Å²) in [5.74, 6) is 0. The molecule has 2 atom stereocenters. The van der Waals surface area contributed by atoms with Gasteiger partial charge in [-0.1, -0.05) is 26.2 Å². The van der Waals surface area contributed by atoms with Crippen molar-refractivity contribution < 1.29 is 69.5 Å². The van der Waals surface area contributed by atoms with Gasteiger partial charge in [0.2, 0.25) is 0 Å². The number of rotatable bonds is 8. The predicted octanol–water partition coefficient (Wildman–Crippen LogP) is -1.35. The molecule has 0 aliphatic rings. The molecule has 0 spiro atoms. The molecule has 1 N–H and O–H groups in total. The maximum Gasteiger partial charge on any atom is 1.00 e. The van der Waals surface area contributed by atoms with Crippen molar-refractivity contribution in [1.82, 2.24) is 0 Å². The van der Waals surface area contributed by atoms with Crippen LogP contribution in [0.5, 0.6) is 0 Å². The first-order valence-corrected chi connectivity index (χ1v) is 6.97. The standard InChI is InChI=1S/C10H22O4S.K/c1-3-6-10(11)8-5-4-7-9(2)15(12,13)14;/h9-11H,3-8H2,1-2H3,(H,12,13,14);/q;+1/p-1. The first kappa shape index (κ1) is 19.8. The Balaban J connectivity index is 0. The summed E-state index contributed by atoms with van der Waals surface area (Å²) in [6, 6.07) is 0. The van der Waals surface area contributed by atoms with Crippen molar-refractivity contribution in [2.45, 2.75) is 63.7 Å². The number of aliphatic hydroxyl groups is 1. The maximum absolute atomic E-state index is 10.6. The van der Waals surface area contributed by atoms with Crippen molar-refractivity contribution in [3.8, 4) is 0 Å². The predicted molar refractivity (Wildman–Crippen MR) is 58.5 cm³/mol. The molecule has 0 rings (SSSR count). The van der Waals surface area contributed by atoms with Crippen LogP contribution in [0.15, 0.2) is 0 Å². The molecule has 0 amide bonds. The van der Waals surface area contributed by atoms with Crippen molar-refractivity contribution in [3.63, 3.8) is 0 Å². The summed E-state index contributed by atoms with van der Waals surface area (Å²) in [5.41, 5.74) is 0. The van der Waals surface area contributed by atoms with Crippen LogP contribution in [-0.2, 0) is 10.1 Å². The zero-order chi connectivity index (χ0) is 11.9. The number of hydrogen-bond acceptors (Lipinski definition) is 4. The van der Waals surface area contributed by atoms with Crippen molar-refractivity contribution >= 4 is 10.1 Å². The van der Waals surface area contributed by atoms with Gasteiger partial charge in [-0.25, -0.2) is 8.42 Å². The summed E-state index contributed by atoms with van der Waals surface area (Å²) in [7, 11) is -4.13. The van der Waals surface area contributed by atoms with Crippen molar-refractivity contribution in [1.29, 1.82) is 0 Å². The molecule has 0 aliphatic heterocycles. The fourth-order valence-electron chi connectivity index (χ4n) is 1.43. The minimum Gasteiger partial charge on any atom is -0.748 e. The molecule has 0 aromatic heterocycles. The van der Waals surface area contributed by atoms with Gasteiger partial charge >= 0.3 is 51.4 Å². The van der Waals surface area contributed by atoms with Crippen LogP contribution in [0.4, 0.5) is 0 Å². The van der Waals surface area contributed by atoms with Crippen molar-refractivity contribution in [3.05, 3.63) is 0 Å². The fourth-order valence-corrected chi connectivity index (χ4v) is 1.89. The third-order valence-electron chi connectivity index (χ3n) is 2.51. The van der Waals surface area contributed by atoms with Gasteiger partial charge in [0, 0.05) is 5.25 Å². The zero-order valence-electron chi connectivity index (χ0n) is 10.5. The maximum atomic E-state index is 10.6. The van der Waals surface area contributed by atoms with Gasteiger partial charge in [0.1, 0.15) is 0 Å². The molecule has 16 heavy (non-hydrogen) atoms. The van der Waals surface area contributed by atoms with Crippen LogP contribution >= 0.6 is 0 Å². The summed E-state index contributed by atoms with van der Waals surface area (Å²) in [5, 5.41) is 8.59. The molecular formula is C10H21KO4S. The van der Waals surface area contributed by atoms with Gasteiger partial charge in [-0.2, -0.15) is 0 Å². The van der Waals surface area contributed by atoms with E-state index in [0.29, 0.717) is 19.3 Å². The van der Waals surface area contributed by atoms with Gasteiger partial charge in [-0.15, -0.1) is 0 Å². The number of unbranched alkanes of at least 4 members (excludes halogenated alkanes) is 1. The monoisotopic (exact) mass is 276 g/mol. The minimum atomic E-state index is -4.13. The number of hydrogen-bond donors (Lipinski definition) is 1. The molecule has 0 bridgehead atoms. The molecule has 0 aromatic carbocycles. The van der Waals surface area contributed by atoms with E-state index < -0.39 is 15.4 Å². The van der Waals surface area contributed by atoms with E-state index in [-0.39, 0.29) is 57.5 Å². The van der Waals surface area contributed by atoms with Crippen LogP contribution in [-0.4, -0.2) is 29.4 Å². The smallest absolute Gasteiger partial charge is 0.748 e. The van der Waals surface area contributed by atoms with E-state index in [1.807, 2.05) is 6.92 Å². The second-order valence-electron chi connectivity index (χ2n) is 4.03. The van der Waals surface area contributed by atoms with Crippen LogP contribution in [0.2, 0.25) is 0 Å². The van der Waals surface area contributed by atoms with Crippen LogP contribution < -0.4 is 51.4 Å². The molecule has 0 saturated carbocycles. The molecule has 0 aromatic rings. The molecule has 0 fully saturated rings. The SMILES string of the molecule is CCCC(O)CCCCC(C)S(=O)(=O)[O-].[K+]. The molecule has 92 valence electrons. The molecule has 0 heterocycles. The van der Waals surface area contributed by atoms with Gasteiger partial charge in [0.15, 0.2) is 0 Å². The summed E-state index contributed by atoms with van der Waals surface area (Å²) < 4.78 is 31.7. The Kier molecular flexibility index (Phi) is 12.9. The molecule has 2 unspecified atom stereocenters. The Labute approximate surface area is 141 Å². The second-order valence-corrected chi connectivity index (χ2v) is 5.82. The summed E-state index contributed by atoms with van der Waals surface area (Å²) in [6.45, 7) is 3.44. The van der Waals surface area contributed by atoms with E-state index >= 15 is 0 Å². The summed E-state index contributed by atoms with van der Waals surface area (Å²) in [4.78, 5) is 0. The Morgan fingerprint density at radius 2 is 1.69 bits per heavy atom. The molecule has 0 radical (unpaired) electrons. The van der Waals surface area contributed by atoms with E-state index in [0.717, 1.165) is 19.3 Å². The average molecular weight is 276 g/mol. The molecule has 4 nitrogen and oxygen atoms in total.